The molecule has 0 unspecified atom stereocenters. The summed E-state index contributed by atoms with van der Waals surface area (Å²) in [5.41, 5.74) is 1.13. The molecule has 18 heavy (non-hydrogen) atoms. The van der Waals surface area contributed by atoms with Gasteiger partial charge in [0.2, 0.25) is 5.88 Å². The van der Waals surface area contributed by atoms with Gasteiger partial charge in [-0.3, -0.25) is 0 Å². The summed E-state index contributed by atoms with van der Waals surface area (Å²) < 4.78 is 5.48. The maximum Gasteiger partial charge on any atom is 0.217 e. The quantitative estimate of drug-likeness (QED) is 0.604. The van der Waals surface area contributed by atoms with E-state index < -0.39 is 0 Å². The zero-order chi connectivity index (χ0) is 12.6. The fourth-order valence-electron chi connectivity index (χ4n) is 2.41. The van der Waals surface area contributed by atoms with Crippen molar-refractivity contribution in [1.82, 2.24) is 9.97 Å². The number of nitrogens with zero attached hydrogens (tertiary/aromatic N) is 2. The molecule has 0 aromatic carbocycles. The summed E-state index contributed by atoms with van der Waals surface area (Å²) in [6, 6.07) is 1.98. The van der Waals surface area contributed by atoms with Crippen molar-refractivity contribution >= 4 is 0 Å². The molecule has 0 aliphatic heterocycles. The topological polar surface area (TPSA) is 35.0 Å². The van der Waals surface area contributed by atoms with E-state index in [1.807, 2.05) is 6.07 Å². The Hall–Kier alpha value is -1.56. The first-order valence-corrected chi connectivity index (χ1v) is 6.74. The number of ether oxygens (including phenoxy) is 1. The molecule has 0 saturated heterocycles. The average Bonchev–Trinajstić information content (AvgIpc) is 2.68. The summed E-state index contributed by atoms with van der Waals surface area (Å²) in [6.07, 6.45) is 9.43. The third kappa shape index (κ3) is 3.73. The normalized spacial score (nSPS) is 16.5. The van der Waals surface area contributed by atoms with Gasteiger partial charge < -0.3 is 4.74 Å². The van der Waals surface area contributed by atoms with Gasteiger partial charge in [-0.2, -0.15) is 0 Å². The van der Waals surface area contributed by atoms with E-state index in [0.29, 0.717) is 18.4 Å². The fourth-order valence-corrected chi connectivity index (χ4v) is 2.41. The van der Waals surface area contributed by atoms with Crippen LogP contribution in [0.25, 0.3) is 0 Å². The number of hydrogen-bond acceptors (Lipinski definition) is 3. The van der Waals surface area contributed by atoms with E-state index in [1.165, 1.54) is 38.5 Å². The third-order valence-electron chi connectivity index (χ3n) is 3.41. The van der Waals surface area contributed by atoms with Gasteiger partial charge in [0, 0.05) is 12.0 Å². The van der Waals surface area contributed by atoms with E-state index in [1.54, 1.807) is 13.3 Å². The Labute approximate surface area is 109 Å². The van der Waals surface area contributed by atoms with Crippen molar-refractivity contribution < 1.29 is 4.74 Å². The highest BCUT2D eigenvalue weighted by molar-refractivity contribution is 5.18. The lowest BCUT2D eigenvalue weighted by Crippen LogP contribution is -2.03. The molecule has 0 spiro atoms. The van der Waals surface area contributed by atoms with Crippen LogP contribution < -0.4 is 4.74 Å². The Kier molecular flexibility index (Phi) is 5.01. The fraction of sp³-hybridized carbons (Fsp3) is 0.600. The van der Waals surface area contributed by atoms with E-state index in [-0.39, 0.29) is 0 Å². The maximum atomic E-state index is 5.48. The molecule has 0 amide bonds. The van der Waals surface area contributed by atoms with E-state index in [2.05, 4.69) is 21.8 Å². The molecule has 3 heteroatoms. The molecule has 1 aromatic heterocycles. The van der Waals surface area contributed by atoms with Crippen LogP contribution in [-0.4, -0.2) is 16.6 Å². The van der Waals surface area contributed by atoms with Gasteiger partial charge in [0.25, 0.3) is 0 Å². The largest absolute Gasteiger partial charge is 0.464 e. The smallest absolute Gasteiger partial charge is 0.217 e. The summed E-state index contributed by atoms with van der Waals surface area (Å²) in [5, 5.41) is 0. The van der Waals surface area contributed by atoms with Gasteiger partial charge in [-0.1, -0.05) is 31.6 Å². The van der Waals surface area contributed by atoms with Crippen molar-refractivity contribution in [2.24, 2.45) is 0 Å². The zero-order valence-electron chi connectivity index (χ0n) is 11.0. The van der Waals surface area contributed by atoms with Crippen molar-refractivity contribution in [1.29, 1.82) is 0 Å². The standard InChI is InChI=1S/C15H20N2O/c1-2-3-10-18-15-11-14(16-12-17-15)13-8-6-4-5-7-9-13/h11-13H,4-10H2,1H3. The van der Waals surface area contributed by atoms with Crippen LogP contribution in [0.15, 0.2) is 12.4 Å². The van der Waals surface area contributed by atoms with Crippen LogP contribution in [0, 0.1) is 11.8 Å². The molecule has 1 aliphatic carbocycles. The molecular formula is C15H20N2O. The van der Waals surface area contributed by atoms with Crippen LogP contribution in [0.2, 0.25) is 0 Å². The van der Waals surface area contributed by atoms with Crippen LogP contribution in [-0.2, 0) is 0 Å². The number of hydrogen-bond donors (Lipinski definition) is 0. The molecule has 1 heterocycles. The zero-order valence-corrected chi connectivity index (χ0v) is 11.0. The molecule has 1 aliphatic rings. The molecule has 0 bridgehead atoms. The minimum absolute atomic E-state index is 0.400. The van der Waals surface area contributed by atoms with Crippen molar-refractivity contribution in [2.75, 3.05) is 6.61 Å². The lowest BCUT2D eigenvalue weighted by Gasteiger charge is -2.13. The summed E-state index contributed by atoms with van der Waals surface area (Å²) in [7, 11) is 0. The first-order chi connectivity index (χ1) is 8.90. The Morgan fingerprint density at radius 3 is 2.72 bits per heavy atom. The van der Waals surface area contributed by atoms with Crippen molar-refractivity contribution in [2.45, 2.75) is 51.4 Å². The second-order valence-electron chi connectivity index (χ2n) is 4.69. The van der Waals surface area contributed by atoms with Crippen LogP contribution in [0.3, 0.4) is 0 Å². The molecular weight excluding hydrogens is 224 g/mol. The van der Waals surface area contributed by atoms with Crippen molar-refractivity contribution in [3.8, 4) is 17.7 Å². The summed E-state index contributed by atoms with van der Waals surface area (Å²) in [4.78, 5) is 8.53. The van der Waals surface area contributed by atoms with Gasteiger partial charge in [0.05, 0.1) is 5.69 Å². The Bertz CT molecular complexity index is 426. The van der Waals surface area contributed by atoms with Crippen LogP contribution in [0.5, 0.6) is 5.88 Å². The van der Waals surface area contributed by atoms with Gasteiger partial charge in [0.1, 0.15) is 6.33 Å². The molecule has 0 atom stereocenters. The maximum absolute atomic E-state index is 5.48. The highest BCUT2D eigenvalue weighted by atomic mass is 16.5. The predicted octanol–water partition coefficient (Wildman–Crippen LogP) is 3.32. The highest BCUT2D eigenvalue weighted by Crippen LogP contribution is 2.31. The van der Waals surface area contributed by atoms with Gasteiger partial charge in [-0.05, 0) is 19.8 Å². The lowest BCUT2D eigenvalue weighted by molar-refractivity contribution is 0.353. The Morgan fingerprint density at radius 1 is 1.22 bits per heavy atom. The van der Waals surface area contributed by atoms with Crippen LogP contribution in [0.1, 0.15) is 57.1 Å². The molecule has 0 radical (unpaired) electrons. The van der Waals surface area contributed by atoms with E-state index in [9.17, 15) is 0 Å². The number of rotatable bonds is 3. The van der Waals surface area contributed by atoms with Crippen molar-refractivity contribution in [3.63, 3.8) is 0 Å². The predicted molar refractivity (Wildman–Crippen MR) is 71.4 cm³/mol. The lowest BCUT2D eigenvalue weighted by atomic mass is 9.96. The molecule has 96 valence electrons. The SMILES string of the molecule is CC#CCOc1cc(C2CCCCCC2)ncn1. The van der Waals surface area contributed by atoms with E-state index in [0.717, 1.165) is 5.69 Å². The Morgan fingerprint density at radius 2 is 2.00 bits per heavy atom. The first kappa shape index (κ1) is 12.9. The highest BCUT2D eigenvalue weighted by Gasteiger charge is 2.16. The molecule has 2 rings (SSSR count). The van der Waals surface area contributed by atoms with Crippen LogP contribution in [0.4, 0.5) is 0 Å². The molecule has 1 saturated carbocycles. The summed E-state index contributed by atoms with van der Waals surface area (Å²) >= 11 is 0. The molecule has 0 N–H and O–H groups in total. The molecule has 1 fully saturated rings. The second-order valence-corrected chi connectivity index (χ2v) is 4.69. The van der Waals surface area contributed by atoms with Gasteiger partial charge in [-0.25, -0.2) is 9.97 Å². The minimum atomic E-state index is 0.400. The van der Waals surface area contributed by atoms with Gasteiger partial charge >= 0.3 is 0 Å². The molecule has 3 nitrogen and oxygen atoms in total. The minimum Gasteiger partial charge on any atom is -0.464 e. The Balaban J connectivity index is 2.02. The number of aromatic nitrogens is 2. The van der Waals surface area contributed by atoms with E-state index in [4.69, 9.17) is 4.74 Å². The van der Waals surface area contributed by atoms with Crippen molar-refractivity contribution in [3.05, 3.63) is 18.1 Å². The summed E-state index contributed by atoms with van der Waals surface area (Å²) in [6.45, 7) is 2.21. The monoisotopic (exact) mass is 244 g/mol. The van der Waals surface area contributed by atoms with E-state index >= 15 is 0 Å². The summed E-state index contributed by atoms with van der Waals surface area (Å²) in [5.74, 6) is 6.90. The first-order valence-electron chi connectivity index (χ1n) is 6.74. The second kappa shape index (κ2) is 7.00. The van der Waals surface area contributed by atoms with Gasteiger partial charge in [-0.15, -0.1) is 5.92 Å². The van der Waals surface area contributed by atoms with Crippen LogP contribution >= 0.6 is 0 Å². The molecule has 1 aromatic rings. The van der Waals surface area contributed by atoms with Gasteiger partial charge in [0.15, 0.2) is 6.61 Å². The third-order valence-corrected chi connectivity index (χ3v) is 3.41. The average molecular weight is 244 g/mol.